The van der Waals surface area contributed by atoms with E-state index < -0.39 is 0 Å². The molecule has 0 unspecified atom stereocenters. The molecule has 1 saturated heterocycles. The van der Waals surface area contributed by atoms with Crippen LogP contribution in [-0.4, -0.2) is 34.8 Å². The Morgan fingerprint density at radius 1 is 1.35 bits per heavy atom. The van der Waals surface area contributed by atoms with Gasteiger partial charge in [-0.05, 0) is 51.4 Å². The van der Waals surface area contributed by atoms with Gasteiger partial charge < -0.3 is 10.6 Å². The molecule has 3 rings (SSSR count). The van der Waals surface area contributed by atoms with Crippen molar-refractivity contribution in [2.75, 3.05) is 13.1 Å². The Morgan fingerprint density at radius 2 is 2.12 bits per heavy atom. The largest absolute Gasteiger partial charge is 0.352 e. The standard InChI is InChI=1S/C18H22Cl2N4O.ClH/c1-11-15(9-18(25)22-13-4-3-7-21-10-13)12(2)24(23-11)14-5-6-16(19)17(20)8-14;/h5-6,8,13,21H,3-4,7,9-10H2,1-2H3,(H,22,25);1H/t13-;/m0./s1. The van der Waals surface area contributed by atoms with E-state index in [0.29, 0.717) is 16.5 Å². The highest BCUT2D eigenvalue weighted by Gasteiger charge is 2.19. The van der Waals surface area contributed by atoms with Crippen LogP contribution in [0.25, 0.3) is 5.69 Å². The van der Waals surface area contributed by atoms with Crippen molar-refractivity contribution in [3.05, 3.63) is 45.2 Å². The monoisotopic (exact) mass is 416 g/mol. The van der Waals surface area contributed by atoms with Crippen molar-refractivity contribution < 1.29 is 4.79 Å². The van der Waals surface area contributed by atoms with Crippen molar-refractivity contribution in [2.24, 2.45) is 0 Å². The summed E-state index contributed by atoms with van der Waals surface area (Å²) in [4.78, 5) is 12.4. The summed E-state index contributed by atoms with van der Waals surface area (Å²) in [5, 5.41) is 12.0. The van der Waals surface area contributed by atoms with Crippen LogP contribution in [0.15, 0.2) is 18.2 Å². The molecule has 0 spiro atoms. The normalized spacial score (nSPS) is 16.8. The predicted octanol–water partition coefficient (Wildman–Crippen LogP) is 3.63. The van der Waals surface area contributed by atoms with Crippen molar-refractivity contribution in [3.63, 3.8) is 0 Å². The molecule has 142 valence electrons. The Labute approximate surface area is 169 Å². The maximum Gasteiger partial charge on any atom is 0.224 e. The van der Waals surface area contributed by atoms with Gasteiger partial charge in [0.05, 0.1) is 27.8 Å². The lowest BCUT2D eigenvalue weighted by Gasteiger charge is -2.23. The molecule has 1 aromatic heterocycles. The van der Waals surface area contributed by atoms with Gasteiger partial charge in [-0.1, -0.05) is 23.2 Å². The summed E-state index contributed by atoms with van der Waals surface area (Å²) in [5.41, 5.74) is 3.57. The molecular weight excluding hydrogens is 395 g/mol. The minimum Gasteiger partial charge on any atom is -0.352 e. The summed E-state index contributed by atoms with van der Waals surface area (Å²) in [6.45, 7) is 5.76. The first kappa shape index (κ1) is 21.0. The van der Waals surface area contributed by atoms with E-state index in [0.717, 1.165) is 48.6 Å². The van der Waals surface area contributed by atoms with Gasteiger partial charge in [0, 0.05) is 23.8 Å². The molecule has 26 heavy (non-hydrogen) atoms. The van der Waals surface area contributed by atoms with Crippen LogP contribution in [0.2, 0.25) is 10.0 Å². The van der Waals surface area contributed by atoms with Crippen LogP contribution in [-0.2, 0) is 11.2 Å². The number of halogens is 3. The topological polar surface area (TPSA) is 59.0 Å². The Hall–Kier alpha value is -1.27. The van der Waals surface area contributed by atoms with Gasteiger partial charge in [-0.25, -0.2) is 4.68 Å². The van der Waals surface area contributed by atoms with Gasteiger partial charge in [0.2, 0.25) is 5.91 Å². The SMILES string of the molecule is Cc1nn(-c2ccc(Cl)c(Cl)c2)c(C)c1CC(=O)N[C@H]1CCCNC1.Cl. The second-order valence-corrected chi connectivity index (χ2v) is 7.26. The number of hydrogen-bond acceptors (Lipinski definition) is 3. The Balaban J connectivity index is 0.00000243. The zero-order chi connectivity index (χ0) is 18.0. The van der Waals surface area contributed by atoms with Gasteiger partial charge in [-0.3, -0.25) is 4.79 Å². The third kappa shape index (κ3) is 4.71. The van der Waals surface area contributed by atoms with Gasteiger partial charge in [-0.2, -0.15) is 5.10 Å². The predicted molar refractivity (Wildman–Crippen MR) is 108 cm³/mol. The summed E-state index contributed by atoms with van der Waals surface area (Å²) < 4.78 is 1.81. The lowest BCUT2D eigenvalue weighted by molar-refractivity contribution is -0.121. The smallest absolute Gasteiger partial charge is 0.224 e. The number of benzene rings is 1. The Kier molecular flexibility index (Phi) is 7.35. The number of carbonyl (C=O) groups is 1. The summed E-state index contributed by atoms with van der Waals surface area (Å²) in [6.07, 6.45) is 2.45. The van der Waals surface area contributed by atoms with Crippen LogP contribution in [0.4, 0.5) is 0 Å². The molecule has 0 saturated carbocycles. The number of piperidine rings is 1. The first-order valence-corrected chi connectivity index (χ1v) is 9.22. The van der Waals surface area contributed by atoms with Crippen molar-refractivity contribution in [2.45, 2.75) is 39.2 Å². The van der Waals surface area contributed by atoms with Crippen LogP contribution in [0.3, 0.4) is 0 Å². The quantitative estimate of drug-likeness (QED) is 0.798. The maximum absolute atomic E-state index is 12.4. The number of amides is 1. The Bertz CT molecular complexity index is 785. The van der Waals surface area contributed by atoms with Gasteiger partial charge in [0.1, 0.15) is 0 Å². The Morgan fingerprint density at radius 3 is 2.77 bits per heavy atom. The molecule has 1 fully saturated rings. The molecule has 0 radical (unpaired) electrons. The summed E-state index contributed by atoms with van der Waals surface area (Å²) in [6, 6.07) is 5.61. The van der Waals surface area contributed by atoms with E-state index in [2.05, 4.69) is 15.7 Å². The molecular formula is C18H23Cl3N4O. The number of carbonyl (C=O) groups excluding carboxylic acids is 1. The second kappa shape index (κ2) is 9.09. The lowest BCUT2D eigenvalue weighted by Crippen LogP contribution is -2.46. The second-order valence-electron chi connectivity index (χ2n) is 6.45. The molecule has 5 nitrogen and oxygen atoms in total. The molecule has 2 heterocycles. The van der Waals surface area contributed by atoms with Crippen LogP contribution >= 0.6 is 35.6 Å². The van der Waals surface area contributed by atoms with Gasteiger partial charge >= 0.3 is 0 Å². The number of rotatable bonds is 4. The number of aromatic nitrogens is 2. The highest BCUT2D eigenvalue weighted by molar-refractivity contribution is 6.42. The van der Waals surface area contributed by atoms with E-state index >= 15 is 0 Å². The van der Waals surface area contributed by atoms with E-state index in [4.69, 9.17) is 23.2 Å². The van der Waals surface area contributed by atoms with Crippen LogP contribution in [0.1, 0.15) is 29.8 Å². The van der Waals surface area contributed by atoms with Crippen LogP contribution in [0.5, 0.6) is 0 Å². The molecule has 1 aliphatic heterocycles. The van der Waals surface area contributed by atoms with Crippen molar-refractivity contribution >= 4 is 41.5 Å². The van der Waals surface area contributed by atoms with Crippen molar-refractivity contribution in [1.29, 1.82) is 0 Å². The maximum atomic E-state index is 12.4. The minimum absolute atomic E-state index is 0. The third-order valence-electron chi connectivity index (χ3n) is 4.59. The number of aryl methyl sites for hydroxylation is 1. The van der Waals surface area contributed by atoms with E-state index in [-0.39, 0.29) is 24.4 Å². The summed E-state index contributed by atoms with van der Waals surface area (Å²) in [5.74, 6) is 0.0357. The first-order chi connectivity index (χ1) is 12.0. The fourth-order valence-corrected chi connectivity index (χ4v) is 3.51. The minimum atomic E-state index is 0. The molecule has 2 aromatic rings. The summed E-state index contributed by atoms with van der Waals surface area (Å²) >= 11 is 12.1. The molecule has 2 N–H and O–H groups in total. The molecule has 1 aliphatic rings. The zero-order valence-electron chi connectivity index (χ0n) is 14.8. The molecule has 8 heteroatoms. The van der Waals surface area contributed by atoms with Crippen molar-refractivity contribution in [1.82, 2.24) is 20.4 Å². The highest BCUT2D eigenvalue weighted by atomic mass is 35.5. The first-order valence-electron chi connectivity index (χ1n) is 8.46. The fraction of sp³-hybridized carbons (Fsp3) is 0.444. The van der Waals surface area contributed by atoms with Crippen molar-refractivity contribution in [3.8, 4) is 5.69 Å². The average Bonchev–Trinajstić information content (AvgIpc) is 2.86. The fourth-order valence-electron chi connectivity index (χ4n) is 3.21. The number of hydrogen-bond donors (Lipinski definition) is 2. The highest BCUT2D eigenvalue weighted by Crippen LogP contribution is 2.26. The van der Waals surface area contributed by atoms with E-state index in [1.807, 2.05) is 24.6 Å². The molecule has 0 bridgehead atoms. The van der Waals surface area contributed by atoms with E-state index in [1.165, 1.54) is 0 Å². The van der Waals surface area contributed by atoms with E-state index in [9.17, 15) is 4.79 Å². The third-order valence-corrected chi connectivity index (χ3v) is 5.33. The van der Waals surface area contributed by atoms with Crippen LogP contribution < -0.4 is 10.6 Å². The van der Waals surface area contributed by atoms with Gasteiger partial charge in [-0.15, -0.1) is 12.4 Å². The lowest BCUT2D eigenvalue weighted by atomic mass is 10.1. The van der Waals surface area contributed by atoms with Gasteiger partial charge in [0.15, 0.2) is 0 Å². The molecule has 1 amide bonds. The summed E-state index contributed by atoms with van der Waals surface area (Å²) in [7, 11) is 0. The van der Waals surface area contributed by atoms with E-state index in [1.54, 1.807) is 12.1 Å². The molecule has 1 aromatic carbocycles. The zero-order valence-corrected chi connectivity index (χ0v) is 17.1. The molecule has 0 aliphatic carbocycles. The molecule has 1 atom stereocenters. The van der Waals surface area contributed by atoms with Gasteiger partial charge in [0.25, 0.3) is 0 Å². The average molecular weight is 418 g/mol. The number of nitrogens with one attached hydrogen (secondary N) is 2. The number of nitrogens with zero attached hydrogens (tertiary/aromatic N) is 2. The van der Waals surface area contributed by atoms with Crippen LogP contribution in [0, 0.1) is 13.8 Å².